The number of hydrogen-bond acceptors (Lipinski definition) is 6. The Morgan fingerprint density at radius 3 is 1.71 bits per heavy atom. The van der Waals surface area contributed by atoms with Crippen molar-refractivity contribution in [3.8, 4) is 0 Å². The standard InChI is InChI=1S/C20H42O6S.Na/c1-3-4-5-6-7-8-9-10-11-12-13-14-15-26-20(2)18-24-16-17-25-19-27(21,22)23;/h20H,3-19H2,1-2H3,(H,21,22,23);/q;+1/p-1. The summed E-state index contributed by atoms with van der Waals surface area (Å²) in [6.45, 7) is 5.73. The summed E-state index contributed by atoms with van der Waals surface area (Å²) in [4.78, 5) is 0. The van der Waals surface area contributed by atoms with Gasteiger partial charge in [0, 0.05) is 6.61 Å². The Morgan fingerprint density at radius 2 is 1.21 bits per heavy atom. The van der Waals surface area contributed by atoms with Crippen LogP contribution < -0.4 is 29.6 Å². The van der Waals surface area contributed by atoms with Gasteiger partial charge >= 0.3 is 29.6 Å². The quantitative estimate of drug-likeness (QED) is 0.156. The Bertz CT molecular complexity index is 406. The molecule has 0 amide bonds. The summed E-state index contributed by atoms with van der Waals surface area (Å²) in [6, 6.07) is 0. The van der Waals surface area contributed by atoms with Gasteiger partial charge in [-0.2, -0.15) is 0 Å². The van der Waals surface area contributed by atoms with Crippen LogP contribution in [-0.2, 0) is 24.3 Å². The van der Waals surface area contributed by atoms with Crippen LogP contribution in [0.25, 0.3) is 0 Å². The fraction of sp³-hybridized carbons (Fsp3) is 1.00. The van der Waals surface area contributed by atoms with Crippen molar-refractivity contribution in [2.24, 2.45) is 0 Å². The van der Waals surface area contributed by atoms with Gasteiger partial charge in [0.05, 0.1) is 25.9 Å². The number of hydrogen-bond donors (Lipinski definition) is 0. The van der Waals surface area contributed by atoms with Gasteiger partial charge in [0.15, 0.2) is 0 Å². The molecule has 1 unspecified atom stereocenters. The molecule has 8 heteroatoms. The monoisotopic (exact) mass is 432 g/mol. The minimum absolute atomic E-state index is 0. The predicted octanol–water partition coefficient (Wildman–Crippen LogP) is 1.63. The number of rotatable bonds is 21. The molecule has 6 nitrogen and oxygen atoms in total. The van der Waals surface area contributed by atoms with Crippen molar-refractivity contribution >= 4 is 10.1 Å². The van der Waals surface area contributed by atoms with E-state index in [1.807, 2.05) is 6.92 Å². The first kappa shape index (κ1) is 31.0. The van der Waals surface area contributed by atoms with Gasteiger partial charge in [0.25, 0.3) is 0 Å². The minimum atomic E-state index is -4.31. The summed E-state index contributed by atoms with van der Waals surface area (Å²) < 4.78 is 46.7. The molecule has 0 radical (unpaired) electrons. The second kappa shape index (κ2) is 22.5. The molecule has 28 heavy (non-hydrogen) atoms. The molecule has 0 heterocycles. The summed E-state index contributed by atoms with van der Waals surface area (Å²) in [7, 11) is -4.31. The van der Waals surface area contributed by atoms with Crippen molar-refractivity contribution in [3.05, 3.63) is 0 Å². The molecule has 1 atom stereocenters. The normalized spacial score (nSPS) is 12.7. The number of ether oxygens (including phenoxy) is 3. The van der Waals surface area contributed by atoms with Crippen molar-refractivity contribution in [2.75, 3.05) is 32.4 Å². The van der Waals surface area contributed by atoms with Crippen LogP contribution in [0.5, 0.6) is 0 Å². The summed E-state index contributed by atoms with van der Waals surface area (Å²) >= 11 is 0. The summed E-state index contributed by atoms with van der Waals surface area (Å²) in [5, 5.41) is 0. The Labute approximate surface area is 195 Å². The Hall–Kier alpha value is 0.790. The zero-order chi connectivity index (χ0) is 20.2. The van der Waals surface area contributed by atoms with E-state index in [1.165, 1.54) is 70.6 Å². The Morgan fingerprint density at radius 1 is 0.750 bits per heavy atom. The van der Waals surface area contributed by atoms with Crippen molar-refractivity contribution < 1.29 is 56.7 Å². The molecule has 0 rings (SSSR count). The van der Waals surface area contributed by atoms with Gasteiger partial charge in [-0.1, -0.05) is 77.6 Å². The van der Waals surface area contributed by atoms with Crippen LogP contribution in [0, 0.1) is 0 Å². The molecule has 0 aliphatic rings. The SMILES string of the molecule is CCCCCCCCCCCCCCOC(C)COCCOCS(=O)(=O)[O-].[Na+]. The molecule has 0 spiro atoms. The molecule has 0 fully saturated rings. The van der Waals surface area contributed by atoms with Crippen LogP contribution in [0.4, 0.5) is 0 Å². The van der Waals surface area contributed by atoms with E-state index in [0.717, 1.165) is 13.0 Å². The van der Waals surface area contributed by atoms with Crippen LogP contribution >= 0.6 is 0 Å². The Kier molecular flexibility index (Phi) is 24.9. The van der Waals surface area contributed by atoms with Crippen molar-refractivity contribution in [3.63, 3.8) is 0 Å². The first-order chi connectivity index (χ1) is 13.0. The van der Waals surface area contributed by atoms with Crippen LogP contribution in [0.15, 0.2) is 0 Å². The van der Waals surface area contributed by atoms with Crippen LogP contribution in [0.2, 0.25) is 0 Å². The van der Waals surface area contributed by atoms with Gasteiger partial charge in [0.2, 0.25) is 0 Å². The van der Waals surface area contributed by atoms with E-state index >= 15 is 0 Å². The van der Waals surface area contributed by atoms with Crippen molar-refractivity contribution in [1.29, 1.82) is 0 Å². The van der Waals surface area contributed by atoms with Crippen molar-refractivity contribution in [2.45, 2.75) is 97.0 Å². The van der Waals surface area contributed by atoms with E-state index in [1.54, 1.807) is 0 Å². The molecule has 0 bridgehead atoms. The zero-order valence-electron chi connectivity index (χ0n) is 18.5. The molecular formula is C20H41NaO6S. The molecule has 0 aliphatic carbocycles. The van der Waals surface area contributed by atoms with E-state index < -0.39 is 16.1 Å². The van der Waals surface area contributed by atoms with Gasteiger partial charge in [-0.25, -0.2) is 8.42 Å². The molecule has 0 saturated carbocycles. The van der Waals surface area contributed by atoms with Crippen LogP contribution in [0.3, 0.4) is 0 Å². The molecule has 0 aromatic rings. The first-order valence-corrected chi connectivity index (χ1v) is 12.2. The second-order valence-corrected chi connectivity index (χ2v) is 8.58. The molecule has 0 aromatic heterocycles. The third kappa shape index (κ3) is 26.8. The van der Waals surface area contributed by atoms with Gasteiger partial charge in [0.1, 0.15) is 16.1 Å². The van der Waals surface area contributed by atoms with Crippen LogP contribution in [0.1, 0.15) is 90.9 Å². The second-order valence-electron chi connectivity index (χ2n) is 7.23. The fourth-order valence-corrected chi connectivity index (χ4v) is 3.13. The van der Waals surface area contributed by atoms with E-state index in [0.29, 0.717) is 6.61 Å². The maximum absolute atomic E-state index is 10.3. The smallest absolute Gasteiger partial charge is 0.746 e. The van der Waals surface area contributed by atoms with E-state index in [-0.39, 0.29) is 48.9 Å². The van der Waals surface area contributed by atoms with E-state index in [9.17, 15) is 13.0 Å². The average Bonchev–Trinajstić information content (AvgIpc) is 2.61. The summed E-state index contributed by atoms with van der Waals surface area (Å²) in [5.41, 5.74) is 0. The molecule has 0 saturated heterocycles. The summed E-state index contributed by atoms with van der Waals surface area (Å²) in [6.07, 6.45) is 15.9. The average molecular weight is 433 g/mol. The van der Waals surface area contributed by atoms with Gasteiger partial charge in [-0.3, -0.25) is 0 Å². The molecule has 0 aromatic carbocycles. The number of unbranched alkanes of at least 4 members (excludes halogenated alkanes) is 11. The van der Waals surface area contributed by atoms with Gasteiger partial charge in [-0.05, 0) is 13.3 Å². The topological polar surface area (TPSA) is 84.9 Å². The molecule has 164 valence electrons. The Balaban J connectivity index is 0. The van der Waals surface area contributed by atoms with E-state index in [2.05, 4.69) is 6.92 Å². The molecular weight excluding hydrogens is 391 g/mol. The minimum Gasteiger partial charge on any atom is -0.746 e. The predicted molar refractivity (Wildman–Crippen MR) is 108 cm³/mol. The maximum atomic E-state index is 10.3. The largest absolute Gasteiger partial charge is 1.00 e. The molecule has 0 aliphatic heterocycles. The first-order valence-electron chi connectivity index (χ1n) is 10.7. The molecule has 0 N–H and O–H groups in total. The maximum Gasteiger partial charge on any atom is 1.00 e. The van der Waals surface area contributed by atoms with Crippen molar-refractivity contribution in [1.82, 2.24) is 0 Å². The summed E-state index contributed by atoms with van der Waals surface area (Å²) in [5.74, 6) is -0.804. The third-order valence-electron chi connectivity index (χ3n) is 4.35. The van der Waals surface area contributed by atoms with E-state index in [4.69, 9.17) is 14.2 Å². The third-order valence-corrected chi connectivity index (χ3v) is 4.81. The van der Waals surface area contributed by atoms with Gasteiger partial charge < -0.3 is 18.8 Å². The van der Waals surface area contributed by atoms with Gasteiger partial charge in [-0.15, -0.1) is 0 Å². The zero-order valence-corrected chi connectivity index (χ0v) is 21.3. The fourth-order valence-electron chi connectivity index (χ4n) is 2.80. The van der Waals surface area contributed by atoms with Crippen LogP contribution in [-0.4, -0.2) is 51.4 Å².